The Kier molecular flexibility index (Phi) is 5.67. The van der Waals surface area contributed by atoms with Gasteiger partial charge in [-0.25, -0.2) is 4.39 Å². The van der Waals surface area contributed by atoms with Gasteiger partial charge in [-0.3, -0.25) is 14.7 Å². The van der Waals surface area contributed by atoms with E-state index in [0.29, 0.717) is 17.8 Å². The summed E-state index contributed by atoms with van der Waals surface area (Å²) in [4.78, 5) is 22.0. The molecule has 0 aliphatic heterocycles. The van der Waals surface area contributed by atoms with E-state index in [-0.39, 0.29) is 18.4 Å². The third-order valence-corrected chi connectivity index (χ3v) is 2.79. The average molecular weight is 318 g/mol. The van der Waals surface area contributed by atoms with Gasteiger partial charge in [-0.2, -0.15) is 13.2 Å². The first-order valence-electron chi connectivity index (χ1n) is 6.22. The lowest BCUT2D eigenvalue weighted by Crippen LogP contribution is -2.27. The van der Waals surface area contributed by atoms with Crippen molar-refractivity contribution in [1.29, 1.82) is 0 Å². The number of nitrogens with one attached hydrogen (secondary N) is 2. The summed E-state index contributed by atoms with van der Waals surface area (Å²) in [5.74, 6) is -1.45. The summed E-state index contributed by atoms with van der Waals surface area (Å²) in [6.07, 6.45) is -3.31. The number of aryl methyl sites for hydroxylation is 1. The van der Waals surface area contributed by atoms with Crippen LogP contribution in [0.2, 0.25) is 0 Å². The first-order valence-corrected chi connectivity index (χ1v) is 6.22. The van der Waals surface area contributed by atoms with E-state index in [9.17, 15) is 27.2 Å². The molecule has 0 aromatic carbocycles. The molecule has 0 aliphatic carbocycles. The summed E-state index contributed by atoms with van der Waals surface area (Å²) in [5, 5.41) is 4.57. The number of rotatable bonds is 5. The van der Waals surface area contributed by atoms with Gasteiger partial charge in [0.25, 0.3) is 0 Å². The molecule has 0 bridgehead atoms. The van der Waals surface area contributed by atoms with E-state index in [1.165, 1.54) is 6.92 Å². The SMILES string of the molecule is C=C/C(F)=C(\C=C(/C)CCc1cc(=O)c(=O)[nH][nH]1)C(F)(F)F. The van der Waals surface area contributed by atoms with Crippen molar-refractivity contribution in [2.45, 2.75) is 25.9 Å². The van der Waals surface area contributed by atoms with Crippen LogP contribution in [-0.2, 0) is 6.42 Å². The van der Waals surface area contributed by atoms with Crippen molar-refractivity contribution in [3.63, 3.8) is 0 Å². The Bertz CT molecular complexity index is 723. The molecule has 0 spiro atoms. The molecule has 4 nitrogen and oxygen atoms in total. The maximum Gasteiger partial charge on any atom is 0.419 e. The van der Waals surface area contributed by atoms with Crippen LogP contribution in [0, 0.1) is 0 Å². The molecule has 0 unspecified atom stereocenters. The largest absolute Gasteiger partial charge is 0.419 e. The standard InChI is InChI=1S/C14H14F4N2O2/c1-3-11(15)10(14(16,17)18)6-8(2)4-5-9-7-12(21)13(22)20-19-9/h3,6-7H,1,4-5H2,2H3,(H,19,21)(H,20,22)/b8-6+,11-10-. The Balaban J connectivity index is 2.93. The molecule has 1 aromatic rings. The van der Waals surface area contributed by atoms with E-state index in [2.05, 4.69) is 16.8 Å². The summed E-state index contributed by atoms with van der Waals surface area (Å²) in [6, 6.07) is 1.07. The Morgan fingerprint density at radius 3 is 2.45 bits per heavy atom. The molecule has 120 valence electrons. The quantitative estimate of drug-likeness (QED) is 0.498. The number of hydrogen-bond acceptors (Lipinski definition) is 2. The normalized spacial score (nSPS) is 13.8. The Labute approximate surface area is 122 Å². The molecule has 0 radical (unpaired) electrons. The van der Waals surface area contributed by atoms with Gasteiger partial charge in [-0.15, -0.1) is 0 Å². The fourth-order valence-electron chi connectivity index (χ4n) is 1.64. The maximum absolute atomic E-state index is 13.2. The third-order valence-electron chi connectivity index (χ3n) is 2.79. The van der Waals surface area contributed by atoms with Gasteiger partial charge < -0.3 is 5.10 Å². The molecule has 8 heteroatoms. The van der Waals surface area contributed by atoms with Crippen LogP contribution in [-0.4, -0.2) is 16.4 Å². The van der Waals surface area contributed by atoms with Crippen molar-refractivity contribution < 1.29 is 17.6 Å². The summed E-state index contributed by atoms with van der Waals surface area (Å²) < 4.78 is 51.3. The average Bonchev–Trinajstić information content (AvgIpc) is 2.44. The topological polar surface area (TPSA) is 65.7 Å². The third kappa shape index (κ3) is 4.87. The number of H-pyrrole nitrogens is 2. The van der Waals surface area contributed by atoms with Gasteiger partial charge in [0.1, 0.15) is 5.83 Å². The molecule has 0 saturated carbocycles. The second-order valence-electron chi connectivity index (χ2n) is 4.57. The van der Waals surface area contributed by atoms with Gasteiger partial charge in [0, 0.05) is 11.8 Å². The van der Waals surface area contributed by atoms with Crippen LogP contribution in [0.1, 0.15) is 19.0 Å². The molecule has 0 saturated heterocycles. The zero-order chi connectivity index (χ0) is 16.9. The van der Waals surface area contributed by atoms with Crippen LogP contribution in [0.4, 0.5) is 17.6 Å². The number of allylic oxidation sites excluding steroid dienone is 5. The lowest BCUT2D eigenvalue weighted by molar-refractivity contribution is -0.0898. The van der Waals surface area contributed by atoms with E-state index < -0.39 is 28.6 Å². The number of aromatic amines is 2. The molecule has 1 aromatic heterocycles. The zero-order valence-corrected chi connectivity index (χ0v) is 11.7. The van der Waals surface area contributed by atoms with E-state index in [4.69, 9.17) is 0 Å². The first kappa shape index (κ1) is 17.7. The van der Waals surface area contributed by atoms with Crippen molar-refractivity contribution in [3.8, 4) is 0 Å². The number of halogens is 4. The minimum Gasteiger partial charge on any atom is -0.302 e. The second-order valence-corrected chi connectivity index (χ2v) is 4.57. The molecule has 22 heavy (non-hydrogen) atoms. The lowest BCUT2D eigenvalue weighted by atomic mass is 10.1. The first-order chi connectivity index (χ1) is 10.1. The zero-order valence-electron chi connectivity index (χ0n) is 11.7. The van der Waals surface area contributed by atoms with Crippen molar-refractivity contribution in [3.05, 3.63) is 68.0 Å². The predicted molar refractivity (Wildman–Crippen MR) is 74.1 cm³/mol. The molecular weight excluding hydrogens is 304 g/mol. The molecule has 1 rings (SSSR count). The number of aromatic nitrogens is 2. The van der Waals surface area contributed by atoms with Crippen molar-refractivity contribution in [2.24, 2.45) is 0 Å². The van der Waals surface area contributed by atoms with E-state index in [1.54, 1.807) is 0 Å². The van der Waals surface area contributed by atoms with Gasteiger partial charge in [0.15, 0.2) is 0 Å². The molecule has 0 aliphatic rings. The lowest BCUT2D eigenvalue weighted by Gasteiger charge is -2.10. The van der Waals surface area contributed by atoms with Gasteiger partial charge in [0.05, 0.1) is 5.57 Å². The highest BCUT2D eigenvalue weighted by Gasteiger charge is 2.34. The highest BCUT2D eigenvalue weighted by Crippen LogP contribution is 2.31. The smallest absolute Gasteiger partial charge is 0.302 e. The molecular formula is C14H14F4N2O2. The molecule has 1 heterocycles. The van der Waals surface area contributed by atoms with Gasteiger partial charge in [0.2, 0.25) is 5.43 Å². The van der Waals surface area contributed by atoms with E-state index >= 15 is 0 Å². The van der Waals surface area contributed by atoms with Crippen LogP contribution in [0.5, 0.6) is 0 Å². The Morgan fingerprint density at radius 2 is 1.95 bits per heavy atom. The Hall–Kier alpha value is -2.38. The molecule has 0 atom stereocenters. The van der Waals surface area contributed by atoms with Gasteiger partial charge in [-0.1, -0.05) is 12.2 Å². The summed E-state index contributed by atoms with van der Waals surface area (Å²) in [6.45, 7) is 4.39. The minimum absolute atomic E-state index is 0.145. The summed E-state index contributed by atoms with van der Waals surface area (Å²) >= 11 is 0. The van der Waals surface area contributed by atoms with Crippen molar-refractivity contribution in [1.82, 2.24) is 10.2 Å². The highest BCUT2D eigenvalue weighted by molar-refractivity contribution is 5.34. The fraction of sp³-hybridized carbons (Fsp3) is 0.286. The Morgan fingerprint density at radius 1 is 1.32 bits per heavy atom. The van der Waals surface area contributed by atoms with Crippen LogP contribution in [0.15, 0.2) is 51.4 Å². The van der Waals surface area contributed by atoms with Crippen LogP contribution in [0.25, 0.3) is 0 Å². The van der Waals surface area contributed by atoms with Crippen LogP contribution in [0.3, 0.4) is 0 Å². The van der Waals surface area contributed by atoms with E-state index in [0.717, 1.165) is 6.07 Å². The van der Waals surface area contributed by atoms with E-state index in [1.807, 2.05) is 0 Å². The molecule has 0 fully saturated rings. The summed E-state index contributed by atoms with van der Waals surface area (Å²) in [7, 11) is 0. The van der Waals surface area contributed by atoms with Crippen molar-refractivity contribution in [2.75, 3.05) is 0 Å². The number of hydrogen-bond donors (Lipinski definition) is 2. The molecule has 0 amide bonds. The molecule has 2 N–H and O–H groups in total. The van der Waals surface area contributed by atoms with Gasteiger partial charge >= 0.3 is 11.7 Å². The summed E-state index contributed by atoms with van der Waals surface area (Å²) in [5.41, 5.74) is -2.35. The van der Waals surface area contributed by atoms with Crippen molar-refractivity contribution >= 4 is 0 Å². The van der Waals surface area contributed by atoms with Gasteiger partial charge in [-0.05, 0) is 31.9 Å². The fourth-order valence-corrected chi connectivity index (χ4v) is 1.64. The highest BCUT2D eigenvalue weighted by atomic mass is 19.4. The monoisotopic (exact) mass is 318 g/mol. The second kappa shape index (κ2) is 7.06. The maximum atomic E-state index is 13.2. The number of alkyl halides is 3. The predicted octanol–water partition coefficient (Wildman–Crippen LogP) is 2.91. The van der Waals surface area contributed by atoms with Crippen LogP contribution >= 0.6 is 0 Å². The van der Waals surface area contributed by atoms with Crippen LogP contribution < -0.4 is 11.0 Å². The minimum atomic E-state index is -4.83.